The van der Waals surface area contributed by atoms with Crippen LogP contribution in [0.15, 0.2) is 48.5 Å². The van der Waals surface area contributed by atoms with Crippen LogP contribution in [0.2, 0.25) is 0 Å². The van der Waals surface area contributed by atoms with Gasteiger partial charge in [-0.3, -0.25) is 14.4 Å². The van der Waals surface area contributed by atoms with Crippen LogP contribution >= 0.6 is 0 Å². The van der Waals surface area contributed by atoms with E-state index in [0.717, 1.165) is 22.3 Å². The summed E-state index contributed by atoms with van der Waals surface area (Å²) in [5.74, 6) is -1.93. The number of nitrogens with zero attached hydrogens (tertiary/aromatic N) is 2. The first kappa shape index (κ1) is 23.3. The molecule has 0 spiro atoms. The number of nitrogens with one attached hydrogen (secondary N) is 1. The van der Waals surface area contributed by atoms with Gasteiger partial charge in [-0.2, -0.15) is 0 Å². The third kappa shape index (κ3) is 4.88. The molecule has 9 heteroatoms. The molecule has 0 bridgehead atoms. The Morgan fingerprint density at radius 3 is 2.00 bits per heavy atom. The fourth-order valence-electron chi connectivity index (χ4n) is 4.62. The number of ether oxygens (including phenoxy) is 1. The Bertz CT molecular complexity index is 1060. The molecule has 2 aromatic carbocycles. The molecule has 1 aliphatic heterocycles. The zero-order chi connectivity index (χ0) is 24.2. The molecule has 4 rings (SSSR count). The number of carbonyl (C=O) groups excluding carboxylic acids is 3. The van der Waals surface area contributed by atoms with Crippen molar-refractivity contribution in [2.75, 3.05) is 32.8 Å². The van der Waals surface area contributed by atoms with Gasteiger partial charge in [0.05, 0.1) is 6.42 Å². The number of carbonyl (C=O) groups is 4. The van der Waals surface area contributed by atoms with Crippen molar-refractivity contribution in [2.45, 2.75) is 25.3 Å². The molecule has 34 heavy (non-hydrogen) atoms. The third-order valence-electron chi connectivity index (χ3n) is 6.35. The predicted molar refractivity (Wildman–Crippen MR) is 123 cm³/mol. The zero-order valence-corrected chi connectivity index (χ0v) is 18.9. The minimum absolute atomic E-state index is 0.0606. The number of aliphatic carboxylic acids is 1. The highest BCUT2D eigenvalue weighted by molar-refractivity contribution is 5.89. The van der Waals surface area contributed by atoms with Gasteiger partial charge >= 0.3 is 12.1 Å². The molecule has 2 aliphatic rings. The number of piperazine rings is 1. The van der Waals surface area contributed by atoms with Crippen LogP contribution in [-0.2, 0) is 19.1 Å². The summed E-state index contributed by atoms with van der Waals surface area (Å²) in [5, 5.41) is 11.7. The summed E-state index contributed by atoms with van der Waals surface area (Å²) in [7, 11) is 0. The van der Waals surface area contributed by atoms with Crippen molar-refractivity contribution in [3.8, 4) is 11.1 Å². The molecule has 1 fully saturated rings. The lowest BCUT2D eigenvalue weighted by atomic mass is 9.98. The Kier molecular flexibility index (Phi) is 6.81. The maximum atomic E-state index is 12.9. The highest BCUT2D eigenvalue weighted by atomic mass is 16.5. The Hall–Kier alpha value is -3.88. The summed E-state index contributed by atoms with van der Waals surface area (Å²) in [5.41, 5.74) is 4.29. The molecule has 1 atom stereocenters. The van der Waals surface area contributed by atoms with Crippen molar-refractivity contribution >= 4 is 23.9 Å². The average molecular weight is 466 g/mol. The summed E-state index contributed by atoms with van der Waals surface area (Å²) in [6.45, 7) is 2.81. The molecular weight excluding hydrogens is 438 g/mol. The van der Waals surface area contributed by atoms with Crippen molar-refractivity contribution in [2.24, 2.45) is 0 Å². The number of benzene rings is 2. The summed E-state index contributed by atoms with van der Waals surface area (Å²) < 4.78 is 5.47. The number of carboxylic acids is 1. The number of fused-ring (bicyclic) bond motifs is 3. The Morgan fingerprint density at radius 2 is 1.47 bits per heavy atom. The van der Waals surface area contributed by atoms with Crippen molar-refractivity contribution in [1.82, 2.24) is 15.1 Å². The Labute approximate surface area is 197 Å². The number of carboxylic acid groups (broad SMARTS) is 1. The van der Waals surface area contributed by atoms with Crippen molar-refractivity contribution < 1.29 is 29.0 Å². The second kappa shape index (κ2) is 9.94. The average Bonchev–Trinajstić information content (AvgIpc) is 3.15. The van der Waals surface area contributed by atoms with E-state index in [4.69, 9.17) is 4.74 Å². The van der Waals surface area contributed by atoms with Crippen molar-refractivity contribution in [3.05, 3.63) is 59.7 Å². The molecule has 2 N–H and O–H groups in total. The molecule has 1 aliphatic carbocycles. The van der Waals surface area contributed by atoms with E-state index in [1.54, 1.807) is 4.90 Å². The van der Waals surface area contributed by atoms with Crippen molar-refractivity contribution in [1.29, 1.82) is 0 Å². The van der Waals surface area contributed by atoms with E-state index in [2.05, 4.69) is 5.32 Å². The van der Waals surface area contributed by atoms with Gasteiger partial charge in [-0.05, 0) is 22.3 Å². The number of hydrogen-bond acceptors (Lipinski definition) is 5. The Morgan fingerprint density at radius 1 is 0.941 bits per heavy atom. The van der Waals surface area contributed by atoms with E-state index < -0.39 is 30.4 Å². The highest BCUT2D eigenvalue weighted by Gasteiger charge is 2.33. The number of rotatable bonds is 6. The van der Waals surface area contributed by atoms with Gasteiger partial charge in [0, 0.05) is 39.0 Å². The fraction of sp³-hybridized carbons (Fsp3) is 0.360. The molecule has 178 valence electrons. The summed E-state index contributed by atoms with van der Waals surface area (Å²) in [4.78, 5) is 51.5. The Balaban J connectivity index is 1.40. The van der Waals surface area contributed by atoms with Crippen LogP contribution in [0.25, 0.3) is 11.1 Å². The number of alkyl carbamates (subject to hydrolysis) is 1. The van der Waals surface area contributed by atoms with E-state index in [1.807, 2.05) is 48.5 Å². The van der Waals surface area contributed by atoms with Crippen LogP contribution in [0.4, 0.5) is 4.79 Å². The van der Waals surface area contributed by atoms with Gasteiger partial charge in [0.2, 0.25) is 11.8 Å². The topological polar surface area (TPSA) is 116 Å². The maximum absolute atomic E-state index is 12.9. The first-order chi connectivity index (χ1) is 16.3. The molecule has 1 unspecified atom stereocenters. The second-order valence-electron chi connectivity index (χ2n) is 8.45. The van der Waals surface area contributed by atoms with Gasteiger partial charge in [0.1, 0.15) is 12.6 Å². The molecular formula is C25H27N3O6. The van der Waals surface area contributed by atoms with Crippen LogP contribution in [-0.4, -0.2) is 77.6 Å². The highest BCUT2D eigenvalue weighted by Crippen LogP contribution is 2.44. The van der Waals surface area contributed by atoms with Gasteiger partial charge < -0.3 is 25.0 Å². The smallest absolute Gasteiger partial charge is 0.407 e. The fourth-order valence-corrected chi connectivity index (χ4v) is 4.62. The quantitative estimate of drug-likeness (QED) is 0.675. The second-order valence-corrected chi connectivity index (χ2v) is 8.45. The predicted octanol–water partition coefficient (Wildman–Crippen LogP) is 2.06. The largest absolute Gasteiger partial charge is 0.481 e. The summed E-state index contributed by atoms with van der Waals surface area (Å²) in [6, 6.07) is 14.6. The van der Waals surface area contributed by atoms with Crippen LogP contribution in [0.5, 0.6) is 0 Å². The van der Waals surface area contributed by atoms with Gasteiger partial charge in [-0.15, -0.1) is 0 Å². The molecule has 0 aromatic heterocycles. The number of amides is 3. The van der Waals surface area contributed by atoms with Gasteiger partial charge in [-0.25, -0.2) is 4.79 Å². The molecule has 2 aromatic rings. The lowest BCUT2D eigenvalue weighted by Crippen LogP contribution is -2.56. The molecule has 9 nitrogen and oxygen atoms in total. The SMILES string of the molecule is CC(=O)N1CCN(C(=O)C(CC(=O)O)NC(=O)OCC2c3ccccc3-c3ccccc32)CC1. The maximum Gasteiger partial charge on any atom is 0.407 e. The van der Waals surface area contributed by atoms with Crippen LogP contribution < -0.4 is 5.32 Å². The third-order valence-corrected chi connectivity index (χ3v) is 6.35. The molecule has 0 saturated carbocycles. The molecule has 3 amide bonds. The van der Waals surface area contributed by atoms with Crippen LogP contribution in [0.3, 0.4) is 0 Å². The van der Waals surface area contributed by atoms with Gasteiger partial charge in [0.25, 0.3) is 0 Å². The van der Waals surface area contributed by atoms with E-state index in [9.17, 15) is 24.3 Å². The van der Waals surface area contributed by atoms with Crippen LogP contribution in [0.1, 0.15) is 30.4 Å². The van der Waals surface area contributed by atoms with Crippen LogP contribution in [0, 0.1) is 0 Å². The zero-order valence-electron chi connectivity index (χ0n) is 18.9. The van der Waals surface area contributed by atoms with E-state index in [-0.39, 0.29) is 31.5 Å². The summed E-state index contributed by atoms with van der Waals surface area (Å²) in [6.07, 6.45) is -1.40. The van der Waals surface area contributed by atoms with E-state index in [1.165, 1.54) is 11.8 Å². The molecule has 1 heterocycles. The summed E-state index contributed by atoms with van der Waals surface area (Å²) >= 11 is 0. The first-order valence-electron chi connectivity index (χ1n) is 11.2. The molecule has 0 radical (unpaired) electrons. The minimum Gasteiger partial charge on any atom is -0.481 e. The lowest BCUT2D eigenvalue weighted by molar-refractivity contribution is -0.144. The standard InChI is InChI=1S/C25H27N3O6/c1-16(29)27-10-12-28(13-11-27)24(32)22(14-23(30)31)26-25(33)34-15-21-19-8-4-2-6-17(19)18-7-3-5-9-20(18)21/h2-9,21-22H,10-15H2,1H3,(H,26,33)(H,30,31). The van der Waals surface area contributed by atoms with Gasteiger partial charge in [0.15, 0.2) is 0 Å². The van der Waals surface area contributed by atoms with E-state index in [0.29, 0.717) is 13.1 Å². The van der Waals surface area contributed by atoms with E-state index >= 15 is 0 Å². The van der Waals surface area contributed by atoms with Gasteiger partial charge in [-0.1, -0.05) is 48.5 Å². The monoisotopic (exact) mass is 465 g/mol. The number of hydrogen-bond donors (Lipinski definition) is 2. The first-order valence-corrected chi connectivity index (χ1v) is 11.2. The van der Waals surface area contributed by atoms with Crippen molar-refractivity contribution in [3.63, 3.8) is 0 Å². The normalized spacial score (nSPS) is 15.8. The molecule has 1 saturated heterocycles. The lowest BCUT2D eigenvalue weighted by Gasteiger charge is -2.35. The minimum atomic E-state index is -1.25.